The minimum absolute atomic E-state index is 0.173. The van der Waals surface area contributed by atoms with Crippen LogP contribution in [0.15, 0.2) is 83.3 Å². The van der Waals surface area contributed by atoms with Gasteiger partial charge in [-0.15, -0.1) is 0 Å². The van der Waals surface area contributed by atoms with Gasteiger partial charge in [0.05, 0.1) is 0 Å². The molecule has 0 saturated carbocycles. The number of allylic oxidation sites excluding steroid dienone is 1. The standard InChI is InChI=1S/C30H34BrNO2/c1-23-7-5-19-32(23)20-22-34-28-17-13-26(14-18-28)30(25-11-15-27(31)16-12-25)29(10-6-21-33)24-8-3-2-4-9-24/h2-4,8-9,11-18,23,33H,5-7,10,19-22H2,1H3/b30-29-. The van der Waals surface area contributed by atoms with Gasteiger partial charge in [-0.2, -0.15) is 0 Å². The molecule has 0 aliphatic carbocycles. The molecule has 34 heavy (non-hydrogen) atoms. The average Bonchev–Trinajstić information content (AvgIpc) is 3.28. The Morgan fingerprint density at radius 2 is 1.62 bits per heavy atom. The molecule has 0 bridgehead atoms. The lowest BCUT2D eigenvalue weighted by atomic mass is 9.87. The Balaban J connectivity index is 1.63. The molecule has 3 aromatic rings. The molecule has 1 aliphatic rings. The lowest BCUT2D eigenvalue weighted by Crippen LogP contribution is -2.31. The van der Waals surface area contributed by atoms with Gasteiger partial charge in [0.1, 0.15) is 12.4 Å². The van der Waals surface area contributed by atoms with Crippen LogP contribution in [0.4, 0.5) is 0 Å². The fourth-order valence-corrected chi connectivity index (χ4v) is 5.03. The summed E-state index contributed by atoms with van der Waals surface area (Å²) in [5.41, 5.74) is 5.95. The summed E-state index contributed by atoms with van der Waals surface area (Å²) < 4.78 is 7.14. The van der Waals surface area contributed by atoms with Crippen LogP contribution >= 0.6 is 15.9 Å². The summed E-state index contributed by atoms with van der Waals surface area (Å²) in [6.45, 7) is 5.35. The Kier molecular flexibility index (Phi) is 8.97. The molecule has 0 aromatic heterocycles. The highest BCUT2D eigenvalue weighted by molar-refractivity contribution is 9.10. The summed E-state index contributed by atoms with van der Waals surface area (Å²) in [5, 5.41) is 9.59. The molecule has 178 valence electrons. The monoisotopic (exact) mass is 519 g/mol. The van der Waals surface area contributed by atoms with Crippen molar-refractivity contribution in [1.29, 1.82) is 0 Å². The maximum Gasteiger partial charge on any atom is 0.119 e. The third-order valence-electron chi connectivity index (χ3n) is 6.62. The highest BCUT2D eigenvalue weighted by Crippen LogP contribution is 2.36. The van der Waals surface area contributed by atoms with Gasteiger partial charge in [0.2, 0.25) is 0 Å². The smallest absolute Gasteiger partial charge is 0.119 e. The molecule has 1 heterocycles. The maximum absolute atomic E-state index is 9.59. The van der Waals surface area contributed by atoms with Crippen molar-refractivity contribution in [2.75, 3.05) is 26.3 Å². The predicted molar refractivity (Wildman–Crippen MR) is 145 cm³/mol. The van der Waals surface area contributed by atoms with Crippen molar-refractivity contribution in [3.63, 3.8) is 0 Å². The Labute approximate surface area is 212 Å². The first-order valence-electron chi connectivity index (χ1n) is 12.3. The Morgan fingerprint density at radius 3 is 2.24 bits per heavy atom. The van der Waals surface area contributed by atoms with Crippen molar-refractivity contribution in [2.45, 2.75) is 38.6 Å². The van der Waals surface area contributed by atoms with E-state index in [0.29, 0.717) is 12.6 Å². The number of rotatable bonds is 10. The molecular weight excluding hydrogens is 486 g/mol. The molecule has 3 nitrogen and oxygen atoms in total. The molecule has 1 fully saturated rings. The van der Waals surface area contributed by atoms with Crippen LogP contribution < -0.4 is 4.74 Å². The SMILES string of the molecule is CC1CCCN1CCOc1ccc(/C(=C(/CCCO)c2ccccc2)c2ccc(Br)cc2)cc1. The van der Waals surface area contributed by atoms with Crippen LogP contribution in [0.1, 0.15) is 49.3 Å². The van der Waals surface area contributed by atoms with Crippen LogP contribution in [0.5, 0.6) is 5.75 Å². The number of aliphatic hydroxyl groups is 1. The van der Waals surface area contributed by atoms with E-state index in [1.165, 1.54) is 36.1 Å². The summed E-state index contributed by atoms with van der Waals surface area (Å²) >= 11 is 3.57. The first-order valence-corrected chi connectivity index (χ1v) is 13.1. The van der Waals surface area contributed by atoms with Gasteiger partial charge in [-0.3, -0.25) is 4.90 Å². The highest BCUT2D eigenvalue weighted by atomic mass is 79.9. The van der Waals surface area contributed by atoms with Gasteiger partial charge in [0.25, 0.3) is 0 Å². The highest BCUT2D eigenvalue weighted by Gasteiger charge is 2.19. The zero-order chi connectivity index (χ0) is 23.8. The number of aliphatic hydroxyl groups excluding tert-OH is 1. The maximum atomic E-state index is 9.59. The quantitative estimate of drug-likeness (QED) is 0.291. The van der Waals surface area contributed by atoms with Crippen LogP contribution in [-0.4, -0.2) is 42.4 Å². The largest absolute Gasteiger partial charge is 0.492 e. The number of nitrogens with zero attached hydrogens (tertiary/aromatic N) is 1. The van der Waals surface area contributed by atoms with Gasteiger partial charge in [-0.25, -0.2) is 0 Å². The van der Waals surface area contributed by atoms with Crippen molar-refractivity contribution in [2.24, 2.45) is 0 Å². The van der Waals surface area contributed by atoms with Crippen molar-refractivity contribution in [3.05, 3.63) is 100 Å². The first kappa shape index (κ1) is 24.7. The average molecular weight is 521 g/mol. The van der Waals surface area contributed by atoms with E-state index in [9.17, 15) is 5.11 Å². The second kappa shape index (κ2) is 12.3. The summed E-state index contributed by atoms with van der Waals surface area (Å²) in [6.07, 6.45) is 4.11. The Bertz CT molecular complexity index is 1060. The second-order valence-electron chi connectivity index (χ2n) is 8.95. The third kappa shape index (κ3) is 6.38. The van der Waals surface area contributed by atoms with Gasteiger partial charge in [-0.1, -0.05) is 70.5 Å². The number of ether oxygens (including phenoxy) is 1. The summed E-state index contributed by atoms with van der Waals surface area (Å²) in [7, 11) is 0. The Hall–Kier alpha value is -2.40. The summed E-state index contributed by atoms with van der Waals surface area (Å²) in [4.78, 5) is 2.51. The van der Waals surface area contributed by atoms with Crippen molar-refractivity contribution >= 4 is 27.1 Å². The minimum atomic E-state index is 0.173. The van der Waals surface area contributed by atoms with E-state index in [4.69, 9.17) is 4.74 Å². The molecule has 1 atom stereocenters. The van der Waals surface area contributed by atoms with Crippen LogP contribution in [0.3, 0.4) is 0 Å². The number of likely N-dealkylation sites (tertiary alicyclic amines) is 1. The van der Waals surface area contributed by atoms with E-state index < -0.39 is 0 Å². The van der Waals surface area contributed by atoms with Crippen molar-refractivity contribution in [1.82, 2.24) is 4.90 Å². The number of hydrogen-bond acceptors (Lipinski definition) is 3. The molecule has 4 rings (SSSR count). The molecule has 0 amide bonds. The van der Waals surface area contributed by atoms with E-state index in [1.54, 1.807) is 0 Å². The molecular formula is C30H34BrNO2. The van der Waals surface area contributed by atoms with Gasteiger partial charge in [0.15, 0.2) is 0 Å². The van der Waals surface area contributed by atoms with E-state index >= 15 is 0 Å². The fraction of sp³-hybridized carbons (Fsp3) is 0.333. The lowest BCUT2D eigenvalue weighted by Gasteiger charge is -2.21. The zero-order valence-corrected chi connectivity index (χ0v) is 21.5. The van der Waals surface area contributed by atoms with Crippen LogP contribution in [0.2, 0.25) is 0 Å². The molecule has 1 aliphatic heterocycles. The zero-order valence-electron chi connectivity index (χ0n) is 19.9. The van der Waals surface area contributed by atoms with E-state index in [1.807, 2.05) is 6.07 Å². The fourth-order valence-electron chi connectivity index (χ4n) is 4.76. The molecule has 4 heteroatoms. The summed E-state index contributed by atoms with van der Waals surface area (Å²) in [5.74, 6) is 0.905. The van der Waals surface area contributed by atoms with Gasteiger partial charge in [-0.05, 0) is 91.3 Å². The molecule has 0 spiro atoms. The van der Waals surface area contributed by atoms with Crippen LogP contribution in [-0.2, 0) is 0 Å². The van der Waals surface area contributed by atoms with Crippen molar-refractivity contribution < 1.29 is 9.84 Å². The first-order chi connectivity index (χ1) is 16.7. The topological polar surface area (TPSA) is 32.7 Å². The minimum Gasteiger partial charge on any atom is -0.492 e. The van der Waals surface area contributed by atoms with E-state index in [-0.39, 0.29) is 6.61 Å². The number of hydrogen-bond donors (Lipinski definition) is 1. The normalized spacial score (nSPS) is 17.0. The molecule has 3 aromatic carbocycles. The second-order valence-corrected chi connectivity index (χ2v) is 9.87. The lowest BCUT2D eigenvalue weighted by molar-refractivity contribution is 0.204. The molecule has 1 N–H and O–H groups in total. The molecule has 0 radical (unpaired) electrons. The number of halogens is 1. The number of benzene rings is 3. The predicted octanol–water partition coefficient (Wildman–Crippen LogP) is 7.04. The van der Waals surface area contributed by atoms with Crippen LogP contribution in [0, 0.1) is 0 Å². The van der Waals surface area contributed by atoms with E-state index in [0.717, 1.165) is 40.7 Å². The van der Waals surface area contributed by atoms with Gasteiger partial charge in [0, 0.05) is 23.7 Å². The van der Waals surface area contributed by atoms with Crippen LogP contribution in [0.25, 0.3) is 11.1 Å². The molecule has 1 unspecified atom stereocenters. The molecule has 1 saturated heterocycles. The van der Waals surface area contributed by atoms with Crippen molar-refractivity contribution in [3.8, 4) is 5.75 Å². The van der Waals surface area contributed by atoms with Gasteiger partial charge < -0.3 is 9.84 Å². The third-order valence-corrected chi connectivity index (χ3v) is 7.15. The summed E-state index contributed by atoms with van der Waals surface area (Å²) in [6, 6.07) is 28.1. The van der Waals surface area contributed by atoms with E-state index in [2.05, 4.69) is 101 Å². The Morgan fingerprint density at radius 1 is 0.941 bits per heavy atom. The van der Waals surface area contributed by atoms with Gasteiger partial charge >= 0.3 is 0 Å².